The molecule has 2 bridgehead atoms. The first-order valence-electron chi connectivity index (χ1n) is 12.9. The number of carbonyl (C=O) groups is 1. The van der Waals surface area contributed by atoms with Gasteiger partial charge in [0.05, 0.1) is 25.2 Å². The number of rotatable bonds is 7. The number of aliphatic carboxylic acids is 1. The van der Waals surface area contributed by atoms with Gasteiger partial charge in [-0.1, -0.05) is 0 Å². The van der Waals surface area contributed by atoms with E-state index in [1.807, 2.05) is 18.3 Å². The Morgan fingerprint density at radius 3 is 2.47 bits per heavy atom. The van der Waals surface area contributed by atoms with E-state index >= 15 is 0 Å². The molecule has 1 saturated heterocycles. The summed E-state index contributed by atoms with van der Waals surface area (Å²) >= 11 is 0. The topological polar surface area (TPSA) is 113 Å². The predicted octanol–water partition coefficient (Wildman–Crippen LogP) is 4.44. The summed E-state index contributed by atoms with van der Waals surface area (Å²) < 4.78 is 11.6. The SMILES string of the molecule is COc1ccc2nc(-c3ccc(N4CCC(OCC56CCC(C(=O)O)(CC5)CC6)CC4)nc3)[nH]c2n1. The number of carboxylic acids is 1. The number of ether oxygens (including phenoxy) is 2. The van der Waals surface area contributed by atoms with Crippen LogP contribution in [0.5, 0.6) is 5.88 Å². The van der Waals surface area contributed by atoms with Crippen molar-refractivity contribution in [3.8, 4) is 17.3 Å². The fourth-order valence-corrected chi connectivity index (χ4v) is 6.19. The molecule has 36 heavy (non-hydrogen) atoms. The Labute approximate surface area is 210 Å². The van der Waals surface area contributed by atoms with Crippen LogP contribution in [0, 0.1) is 10.8 Å². The van der Waals surface area contributed by atoms with E-state index < -0.39 is 11.4 Å². The van der Waals surface area contributed by atoms with Gasteiger partial charge in [0.25, 0.3) is 0 Å². The number of methoxy groups -OCH3 is 1. The van der Waals surface area contributed by atoms with Gasteiger partial charge in [0.15, 0.2) is 5.65 Å². The first-order chi connectivity index (χ1) is 17.5. The molecule has 0 amide bonds. The van der Waals surface area contributed by atoms with Gasteiger partial charge in [0.2, 0.25) is 5.88 Å². The zero-order valence-corrected chi connectivity index (χ0v) is 20.7. The molecule has 0 unspecified atom stereocenters. The van der Waals surface area contributed by atoms with Gasteiger partial charge >= 0.3 is 5.97 Å². The minimum absolute atomic E-state index is 0.197. The molecule has 4 aliphatic rings. The van der Waals surface area contributed by atoms with Crippen molar-refractivity contribution >= 4 is 23.0 Å². The Hall–Kier alpha value is -3.20. The molecule has 2 N–H and O–H groups in total. The van der Waals surface area contributed by atoms with Crippen LogP contribution in [0.4, 0.5) is 5.82 Å². The zero-order chi connectivity index (χ0) is 24.8. The second-order valence-corrected chi connectivity index (χ2v) is 10.8. The number of nitrogens with one attached hydrogen (secondary N) is 1. The fraction of sp³-hybridized carbons (Fsp3) is 0.556. The van der Waals surface area contributed by atoms with Gasteiger partial charge in [-0.05, 0) is 75.0 Å². The molecule has 190 valence electrons. The van der Waals surface area contributed by atoms with Crippen molar-refractivity contribution in [1.82, 2.24) is 19.9 Å². The van der Waals surface area contributed by atoms with Gasteiger partial charge in [-0.3, -0.25) is 4.79 Å². The monoisotopic (exact) mass is 491 g/mol. The van der Waals surface area contributed by atoms with Crippen LogP contribution in [0.15, 0.2) is 30.5 Å². The van der Waals surface area contributed by atoms with Crippen LogP contribution in [0.1, 0.15) is 51.4 Å². The molecule has 3 aliphatic carbocycles. The first-order valence-corrected chi connectivity index (χ1v) is 12.9. The number of fused-ring (bicyclic) bond motifs is 4. The number of aromatic nitrogens is 4. The molecule has 0 atom stereocenters. The largest absolute Gasteiger partial charge is 0.481 e. The standard InChI is InChI=1S/C27H33N5O4/c1-35-22-5-3-20-24(30-22)31-23(29-20)18-2-4-21(28-16-18)32-14-6-19(7-15-32)36-17-26-8-11-27(12-9-26,13-10-26)25(33)34/h2-5,16,19H,6-15,17H2,1H3,(H,33,34)(H,29,30,31). The van der Waals surface area contributed by atoms with Crippen molar-refractivity contribution in [2.45, 2.75) is 57.5 Å². The molecule has 3 saturated carbocycles. The summed E-state index contributed by atoms with van der Waals surface area (Å²) in [4.78, 5) is 31.0. The Balaban J connectivity index is 1.02. The first kappa shape index (κ1) is 23.2. The summed E-state index contributed by atoms with van der Waals surface area (Å²) in [5.74, 6) is 1.66. The number of nitrogens with zero attached hydrogens (tertiary/aromatic N) is 4. The Morgan fingerprint density at radius 2 is 1.83 bits per heavy atom. The van der Waals surface area contributed by atoms with Crippen LogP contribution in [0.2, 0.25) is 0 Å². The molecule has 0 radical (unpaired) electrons. The number of aromatic amines is 1. The molecule has 0 spiro atoms. The number of anilines is 1. The van der Waals surface area contributed by atoms with E-state index in [4.69, 9.17) is 14.5 Å². The predicted molar refractivity (Wildman–Crippen MR) is 135 cm³/mol. The van der Waals surface area contributed by atoms with Crippen molar-refractivity contribution in [3.05, 3.63) is 30.5 Å². The average molecular weight is 492 g/mol. The summed E-state index contributed by atoms with van der Waals surface area (Å²) in [6.07, 6.45) is 9.48. The fourth-order valence-electron chi connectivity index (χ4n) is 6.19. The summed E-state index contributed by atoms with van der Waals surface area (Å²) in [6.45, 7) is 2.61. The highest BCUT2D eigenvalue weighted by Crippen LogP contribution is 2.57. The zero-order valence-electron chi connectivity index (χ0n) is 20.7. The summed E-state index contributed by atoms with van der Waals surface area (Å²) in [5.41, 5.74) is 2.14. The van der Waals surface area contributed by atoms with E-state index in [1.165, 1.54) is 0 Å². The maximum Gasteiger partial charge on any atom is 0.309 e. The summed E-state index contributed by atoms with van der Waals surface area (Å²) in [5, 5.41) is 9.62. The van der Waals surface area contributed by atoms with Crippen LogP contribution in [0.25, 0.3) is 22.6 Å². The number of hydrogen-bond donors (Lipinski definition) is 2. The number of carboxylic acid groups (broad SMARTS) is 1. The second kappa shape index (κ2) is 9.03. The third kappa shape index (κ3) is 4.19. The minimum Gasteiger partial charge on any atom is -0.481 e. The van der Waals surface area contributed by atoms with E-state index in [0.29, 0.717) is 11.5 Å². The molecule has 0 aromatic carbocycles. The maximum atomic E-state index is 11.7. The van der Waals surface area contributed by atoms with Crippen molar-refractivity contribution in [2.75, 3.05) is 31.7 Å². The van der Waals surface area contributed by atoms with Crippen LogP contribution in [0.3, 0.4) is 0 Å². The van der Waals surface area contributed by atoms with Crippen LogP contribution < -0.4 is 9.64 Å². The van der Waals surface area contributed by atoms with E-state index in [-0.39, 0.29) is 11.5 Å². The number of hydrogen-bond acceptors (Lipinski definition) is 7. The van der Waals surface area contributed by atoms with E-state index in [0.717, 1.165) is 93.8 Å². The molecule has 4 heterocycles. The third-order valence-corrected chi connectivity index (χ3v) is 8.79. The summed E-state index contributed by atoms with van der Waals surface area (Å²) in [7, 11) is 1.60. The Morgan fingerprint density at radius 1 is 1.08 bits per heavy atom. The molecule has 9 nitrogen and oxygen atoms in total. The van der Waals surface area contributed by atoms with Gasteiger partial charge < -0.3 is 24.5 Å². The Bertz CT molecular complexity index is 1220. The average Bonchev–Trinajstić information content (AvgIpc) is 3.37. The van der Waals surface area contributed by atoms with Crippen molar-refractivity contribution < 1.29 is 19.4 Å². The lowest BCUT2D eigenvalue weighted by molar-refractivity contribution is -0.162. The van der Waals surface area contributed by atoms with Crippen LogP contribution in [-0.2, 0) is 9.53 Å². The number of H-pyrrole nitrogens is 1. The van der Waals surface area contributed by atoms with Crippen LogP contribution >= 0.6 is 0 Å². The lowest BCUT2D eigenvalue weighted by atomic mass is 9.54. The van der Waals surface area contributed by atoms with E-state index in [9.17, 15) is 9.90 Å². The molecule has 3 aromatic heterocycles. The molecule has 7 rings (SSSR count). The van der Waals surface area contributed by atoms with Gasteiger partial charge in [0, 0.05) is 30.9 Å². The minimum atomic E-state index is -0.596. The lowest BCUT2D eigenvalue weighted by Crippen LogP contribution is -2.48. The summed E-state index contributed by atoms with van der Waals surface area (Å²) in [6, 6.07) is 7.79. The highest BCUT2D eigenvalue weighted by Gasteiger charge is 2.52. The van der Waals surface area contributed by atoms with E-state index in [1.54, 1.807) is 13.2 Å². The van der Waals surface area contributed by atoms with Crippen molar-refractivity contribution in [3.63, 3.8) is 0 Å². The molecule has 4 fully saturated rings. The molecule has 9 heteroatoms. The molecular weight excluding hydrogens is 458 g/mol. The van der Waals surface area contributed by atoms with E-state index in [2.05, 4.69) is 25.9 Å². The lowest BCUT2D eigenvalue weighted by Gasteiger charge is -2.51. The quantitative estimate of drug-likeness (QED) is 0.499. The number of pyridine rings is 2. The van der Waals surface area contributed by atoms with Gasteiger partial charge in [-0.15, -0.1) is 0 Å². The van der Waals surface area contributed by atoms with Crippen LogP contribution in [-0.4, -0.2) is 63.9 Å². The number of imidazole rings is 1. The Kier molecular flexibility index (Phi) is 5.82. The normalized spacial score (nSPS) is 26.4. The molecular formula is C27H33N5O4. The third-order valence-electron chi connectivity index (χ3n) is 8.79. The highest BCUT2D eigenvalue weighted by molar-refractivity contribution is 5.76. The van der Waals surface area contributed by atoms with Gasteiger partial charge in [-0.25, -0.2) is 9.97 Å². The maximum absolute atomic E-state index is 11.7. The second-order valence-electron chi connectivity index (χ2n) is 10.8. The highest BCUT2D eigenvalue weighted by atomic mass is 16.5. The molecule has 3 aromatic rings. The van der Waals surface area contributed by atoms with Crippen molar-refractivity contribution in [1.29, 1.82) is 0 Å². The van der Waals surface area contributed by atoms with Crippen molar-refractivity contribution in [2.24, 2.45) is 10.8 Å². The molecule has 1 aliphatic heterocycles. The number of piperidine rings is 1. The van der Waals surface area contributed by atoms with Gasteiger partial charge in [0.1, 0.15) is 17.2 Å². The van der Waals surface area contributed by atoms with Gasteiger partial charge in [-0.2, -0.15) is 4.98 Å². The smallest absolute Gasteiger partial charge is 0.309 e.